The van der Waals surface area contributed by atoms with Crippen LogP contribution in [-0.4, -0.2) is 18.9 Å². The summed E-state index contributed by atoms with van der Waals surface area (Å²) in [6, 6.07) is 0. The number of rotatable bonds is 2. The van der Waals surface area contributed by atoms with Crippen molar-refractivity contribution >= 4 is 11.8 Å². The zero-order valence-corrected chi connectivity index (χ0v) is 24.0. The summed E-state index contributed by atoms with van der Waals surface area (Å²) in [5.41, 5.74) is 1.37. The number of esters is 1. The van der Waals surface area contributed by atoms with Gasteiger partial charge in [0.1, 0.15) is 5.78 Å². The van der Waals surface area contributed by atoms with Crippen molar-refractivity contribution < 1.29 is 18.6 Å². The predicted molar refractivity (Wildman–Crippen MR) is 149 cm³/mol. The first-order valence-electron chi connectivity index (χ1n) is 14.7. The predicted octanol–water partition coefficient (Wildman–Crippen LogP) is 8.76. The van der Waals surface area contributed by atoms with Gasteiger partial charge in [-0.1, -0.05) is 53.7 Å². The number of fused-ring (bicyclic) bond motifs is 7. The normalized spacial score (nSPS) is 47.7. The van der Waals surface area contributed by atoms with Crippen molar-refractivity contribution in [3.63, 3.8) is 0 Å². The molecule has 0 aliphatic heterocycles. The van der Waals surface area contributed by atoms with Crippen LogP contribution >= 0.6 is 0 Å². The summed E-state index contributed by atoms with van der Waals surface area (Å²) in [5.74, 6) is 3.85. The summed E-state index contributed by atoms with van der Waals surface area (Å²) in [5, 5.41) is 0. The fourth-order valence-electron chi connectivity index (χ4n) is 11.2. The Balaban J connectivity index is 0.00000141. The van der Waals surface area contributed by atoms with Crippen molar-refractivity contribution in [2.75, 3.05) is 7.11 Å². The molecule has 0 aromatic rings. The van der Waals surface area contributed by atoms with Gasteiger partial charge < -0.3 is 4.74 Å². The van der Waals surface area contributed by atoms with E-state index < -0.39 is 0 Å². The molecule has 0 amide bonds. The van der Waals surface area contributed by atoms with Gasteiger partial charge in [-0.25, -0.2) is 0 Å². The van der Waals surface area contributed by atoms with Crippen LogP contribution in [0.15, 0.2) is 12.2 Å². The lowest BCUT2D eigenvalue weighted by Crippen LogP contribution is -2.63. The molecule has 5 aliphatic carbocycles. The van der Waals surface area contributed by atoms with Gasteiger partial charge in [-0.05, 0) is 111 Å². The molecule has 35 heavy (non-hydrogen) atoms. The number of hydrogen-bond donors (Lipinski definition) is 0. The van der Waals surface area contributed by atoms with Crippen LogP contribution in [0.5, 0.6) is 0 Å². The SMILES string of the molecule is C=C(C)[C@@H]1CC[C@]2(C(=O)OC)CCC3[C@H](CCC4[C@@]3(C)CCC3C(C)(C)C(=O)CC[C@@]34C)C12.CC.[HH].[HH].[HH]. The summed E-state index contributed by atoms with van der Waals surface area (Å²) >= 11 is 0. The molecule has 5 aliphatic rings. The Labute approximate surface area is 219 Å². The first-order chi connectivity index (χ1) is 16.4. The van der Waals surface area contributed by atoms with Gasteiger partial charge in [-0.3, -0.25) is 9.59 Å². The zero-order chi connectivity index (χ0) is 26.0. The van der Waals surface area contributed by atoms with E-state index >= 15 is 0 Å². The molecule has 5 saturated carbocycles. The lowest BCUT2D eigenvalue weighted by molar-refractivity contribution is -0.202. The van der Waals surface area contributed by atoms with Gasteiger partial charge >= 0.3 is 5.97 Å². The number of carbonyl (C=O) groups is 2. The lowest BCUT2D eigenvalue weighted by Gasteiger charge is -2.68. The van der Waals surface area contributed by atoms with Crippen LogP contribution in [0.4, 0.5) is 0 Å². The zero-order valence-electron chi connectivity index (χ0n) is 24.0. The van der Waals surface area contributed by atoms with Crippen LogP contribution in [0.1, 0.15) is 117 Å². The maximum Gasteiger partial charge on any atom is 0.312 e. The minimum atomic E-state index is -0.289. The Morgan fingerprint density at radius 2 is 1.57 bits per heavy atom. The standard InChI is InChI=1S/C30H46O3.C2H6.3H2/c1-18(2)19-10-16-30(26(32)33-7)17-11-21-20(25(19)30)8-9-23-28(21,5)14-12-22-27(3,4)24(31)13-15-29(22,23)6;1-2;;;/h19-23,25H,1,8-17H2,2-7H3;1-2H3;3*1H/t19-,20-,21?,22?,23?,25?,28-,29-,30-;;;;/m0..../s1. The molecule has 5 rings (SSSR count). The van der Waals surface area contributed by atoms with Gasteiger partial charge in [-0.2, -0.15) is 0 Å². The monoisotopic (exact) mass is 490 g/mol. The highest BCUT2D eigenvalue weighted by Gasteiger charge is 2.68. The molecule has 0 aromatic carbocycles. The van der Waals surface area contributed by atoms with E-state index in [1.54, 1.807) is 7.11 Å². The van der Waals surface area contributed by atoms with Gasteiger partial charge in [0, 0.05) is 16.1 Å². The first-order valence-corrected chi connectivity index (χ1v) is 14.7. The minimum Gasteiger partial charge on any atom is -0.469 e. The van der Waals surface area contributed by atoms with Crippen molar-refractivity contribution in [1.29, 1.82) is 0 Å². The second-order valence-corrected chi connectivity index (χ2v) is 13.9. The molecule has 204 valence electrons. The number of hydrogen-bond acceptors (Lipinski definition) is 3. The van der Waals surface area contributed by atoms with Gasteiger partial charge in [0.25, 0.3) is 0 Å². The minimum absolute atomic E-state index is 0. The Morgan fingerprint density at radius 3 is 2.20 bits per heavy atom. The number of ketones is 1. The highest BCUT2D eigenvalue weighted by atomic mass is 16.5. The molecule has 0 bridgehead atoms. The highest BCUT2D eigenvalue weighted by molar-refractivity contribution is 5.85. The third kappa shape index (κ3) is 3.56. The molecule has 3 nitrogen and oxygen atoms in total. The Morgan fingerprint density at radius 1 is 0.914 bits per heavy atom. The molecule has 0 saturated heterocycles. The molecule has 0 heterocycles. The Bertz CT molecular complexity index is 887. The second kappa shape index (κ2) is 9.02. The van der Waals surface area contributed by atoms with Crippen molar-refractivity contribution in [2.45, 2.75) is 113 Å². The smallest absolute Gasteiger partial charge is 0.312 e. The Hall–Kier alpha value is -1.12. The van der Waals surface area contributed by atoms with E-state index in [-0.39, 0.29) is 26.5 Å². The maximum atomic E-state index is 13.2. The average Bonchev–Trinajstić information content (AvgIpc) is 3.24. The summed E-state index contributed by atoms with van der Waals surface area (Å²) in [6.07, 6.45) is 11.0. The number of allylic oxidation sites excluding steroid dienone is 1. The topological polar surface area (TPSA) is 43.4 Å². The van der Waals surface area contributed by atoms with Gasteiger partial charge in [0.15, 0.2) is 0 Å². The quantitative estimate of drug-likeness (QED) is 0.287. The van der Waals surface area contributed by atoms with Crippen LogP contribution in [0.25, 0.3) is 0 Å². The van der Waals surface area contributed by atoms with Crippen LogP contribution in [0.2, 0.25) is 0 Å². The number of ether oxygens (including phenoxy) is 1. The van der Waals surface area contributed by atoms with Crippen molar-refractivity contribution in [2.24, 2.45) is 57.2 Å². The molecule has 0 radical (unpaired) electrons. The van der Waals surface area contributed by atoms with Gasteiger partial charge in [0.05, 0.1) is 12.5 Å². The van der Waals surface area contributed by atoms with Crippen LogP contribution in [0.3, 0.4) is 0 Å². The number of carbonyl (C=O) groups excluding carboxylic acids is 2. The van der Waals surface area contributed by atoms with E-state index in [1.165, 1.54) is 31.3 Å². The molecule has 4 unspecified atom stereocenters. The summed E-state index contributed by atoms with van der Waals surface area (Å²) in [6.45, 7) is 20.2. The average molecular weight is 491 g/mol. The molecule has 5 fully saturated rings. The van der Waals surface area contributed by atoms with Crippen LogP contribution in [0, 0.1) is 57.2 Å². The van der Waals surface area contributed by atoms with Crippen molar-refractivity contribution in [3.05, 3.63) is 12.2 Å². The molecule has 0 aromatic heterocycles. The van der Waals surface area contributed by atoms with Crippen LogP contribution in [-0.2, 0) is 14.3 Å². The van der Waals surface area contributed by atoms with Gasteiger partial charge in [0.2, 0.25) is 0 Å². The molecule has 0 spiro atoms. The number of methoxy groups -OCH3 is 1. The fraction of sp³-hybridized carbons (Fsp3) is 0.875. The highest BCUT2D eigenvalue weighted by Crippen LogP contribution is 2.73. The summed E-state index contributed by atoms with van der Waals surface area (Å²) in [7, 11) is 1.58. The number of Topliss-reactive ketones (excluding diaryl/α,β-unsaturated/α-hetero) is 1. The van der Waals surface area contributed by atoms with E-state index in [0.717, 1.165) is 38.5 Å². The maximum absolute atomic E-state index is 13.2. The lowest BCUT2D eigenvalue weighted by atomic mass is 9.36. The molecule has 3 heteroatoms. The third-order valence-corrected chi connectivity index (χ3v) is 12.6. The summed E-state index contributed by atoms with van der Waals surface area (Å²) < 4.78 is 5.45. The molecular formula is C32H58O3. The van der Waals surface area contributed by atoms with Crippen molar-refractivity contribution in [3.8, 4) is 0 Å². The van der Waals surface area contributed by atoms with E-state index in [4.69, 9.17) is 4.74 Å². The fourth-order valence-corrected chi connectivity index (χ4v) is 11.2. The second-order valence-electron chi connectivity index (χ2n) is 13.9. The molecule has 0 N–H and O–H groups in total. The first kappa shape index (κ1) is 26.9. The van der Waals surface area contributed by atoms with E-state index in [2.05, 4.69) is 41.2 Å². The van der Waals surface area contributed by atoms with E-state index in [9.17, 15) is 9.59 Å². The third-order valence-electron chi connectivity index (χ3n) is 12.6. The van der Waals surface area contributed by atoms with E-state index in [1.807, 2.05) is 13.8 Å². The van der Waals surface area contributed by atoms with Crippen LogP contribution < -0.4 is 0 Å². The summed E-state index contributed by atoms with van der Waals surface area (Å²) in [4.78, 5) is 26.1. The largest absolute Gasteiger partial charge is 0.469 e. The Kier molecular flexibility index (Phi) is 6.94. The van der Waals surface area contributed by atoms with E-state index in [0.29, 0.717) is 46.7 Å². The van der Waals surface area contributed by atoms with Crippen molar-refractivity contribution in [1.82, 2.24) is 0 Å². The van der Waals surface area contributed by atoms with Gasteiger partial charge in [-0.15, -0.1) is 0 Å². The molecule has 9 atom stereocenters. The molecular weight excluding hydrogens is 432 g/mol.